The van der Waals surface area contributed by atoms with Crippen LogP contribution in [-0.2, 0) is 4.79 Å². The maximum atomic E-state index is 10.4. The van der Waals surface area contributed by atoms with Crippen molar-refractivity contribution in [1.82, 2.24) is 5.32 Å². The van der Waals surface area contributed by atoms with E-state index in [0.717, 1.165) is 19.4 Å². The topological polar surface area (TPSA) is 49.3 Å². The van der Waals surface area contributed by atoms with Gasteiger partial charge in [-0.3, -0.25) is 4.79 Å². The molecule has 2 N–H and O–H groups in total. The van der Waals surface area contributed by atoms with E-state index in [4.69, 9.17) is 5.11 Å². The van der Waals surface area contributed by atoms with Crippen LogP contribution in [0.25, 0.3) is 0 Å². The second-order valence-corrected chi connectivity index (χ2v) is 2.42. The van der Waals surface area contributed by atoms with Gasteiger partial charge in [-0.2, -0.15) is 0 Å². The van der Waals surface area contributed by atoms with Gasteiger partial charge in [-0.1, -0.05) is 6.92 Å². The molecule has 1 saturated carbocycles. The molecule has 1 aliphatic carbocycles. The lowest BCUT2D eigenvalue weighted by Crippen LogP contribution is -2.38. The third-order valence-electron chi connectivity index (χ3n) is 1.67. The predicted molar refractivity (Wildman–Crippen MR) is 40.5 cm³/mol. The molecule has 0 aromatic rings. The van der Waals surface area contributed by atoms with E-state index in [1.807, 2.05) is 6.92 Å². The third kappa shape index (κ3) is 1.61. The summed E-state index contributed by atoms with van der Waals surface area (Å²) in [5.41, 5.74) is -0.533. The van der Waals surface area contributed by atoms with Gasteiger partial charge in [0.1, 0.15) is 5.54 Å². The van der Waals surface area contributed by atoms with Crippen molar-refractivity contribution >= 4 is 18.4 Å². The van der Waals surface area contributed by atoms with Crippen molar-refractivity contribution in [2.45, 2.75) is 25.3 Å². The van der Waals surface area contributed by atoms with Crippen LogP contribution in [0.1, 0.15) is 19.8 Å². The number of likely N-dealkylation sites (N-methyl/N-ethyl adjacent to an activating group) is 1. The minimum Gasteiger partial charge on any atom is -0.480 e. The lowest BCUT2D eigenvalue weighted by atomic mass is 10.3. The summed E-state index contributed by atoms with van der Waals surface area (Å²) in [5.74, 6) is -0.704. The summed E-state index contributed by atoms with van der Waals surface area (Å²) >= 11 is 0. The van der Waals surface area contributed by atoms with E-state index in [2.05, 4.69) is 5.32 Å². The maximum Gasteiger partial charge on any atom is 0.323 e. The first-order valence-corrected chi connectivity index (χ1v) is 3.20. The molecule has 1 fully saturated rings. The highest BCUT2D eigenvalue weighted by molar-refractivity contribution is 5.85. The van der Waals surface area contributed by atoms with Gasteiger partial charge in [-0.05, 0) is 19.4 Å². The molecule has 0 radical (unpaired) electrons. The van der Waals surface area contributed by atoms with Crippen molar-refractivity contribution in [3.8, 4) is 0 Å². The van der Waals surface area contributed by atoms with E-state index in [1.54, 1.807) is 0 Å². The number of carbonyl (C=O) groups is 1. The molecule has 0 aromatic heterocycles. The Kier molecular flexibility index (Phi) is 3.12. The van der Waals surface area contributed by atoms with Crippen LogP contribution in [0.5, 0.6) is 0 Å². The molecule has 1 rings (SSSR count). The van der Waals surface area contributed by atoms with Crippen LogP contribution in [0.3, 0.4) is 0 Å². The summed E-state index contributed by atoms with van der Waals surface area (Å²) < 4.78 is 0. The number of carboxylic acid groups (broad SMARTS) is 1. The smallest absolute Gasteiger partial charge is 0.323 e. The van der Waals surface area contributed by atoms with Crippen molar-refractivity contribution in [2.24, 2.45) is 0 Å². The minimum atomic E-state index is -0.704. The number of rotatable bonds is 3. The van der Waals surface area contributed by atoms with Crippen molar-refractivity contribution < 1.29 is 9.90 Å². The van der Waals surface area contributed by atoms with E-state index in [0.29, 0.717) is 0 Å². The van der Waals surface area contributed by atoms with Crippen LogP contribution in [0.15, 0.2) is 0 Å². The molecule has 4 heteroatoms. The van der Waals surface area contributed by atoms with Gasteiger partial charge < -0.3 is 10.4 Å². The number of carboxylic acids is 1. The van der Waals surface area contributed by atoms with Crippen molar-refractivity contribution in [1.29, 1.82) is 0 Å². The number of nitrogens with one attached hydrogen (secondary N) is 1. The van der Waals surface area contributed by atoms with E-state index >= 15 is 0 Å². The van der Waals surface area contributed by atoms with Crippen molar-refractivity contribution in [3.05, 3.63) is 0 Å². The fourth-order valence-corrected chi connectivity index (χ4v) is 0.930. The van der Waals surface area contributed by atoms with Gasteiger partial charge in [0, 0.05) is 0 Å². The average Bonchev–Trinajstić information content (AvgIpc) is 2.49. The number of halogens is 1. The van der Waals surface area contributed by atoms with Gasteiger partial charge in [0.2, 0.25) is 0 Å². The molecule has 0 aromatic carbocycles. The van der Waals surface area contributed by atoms with E-state index in [1.165, 1.54) is 0 Å². The first-order chi connectivity index (χ1) is 4.21. The zero-order chi connectivity index (χ0) is 6.91. The highest BCUT2D eigenvalue weighted by Crippen LogP contribution is 2.35. The summed E-state index contributed by atoms with van der Waals surface area (Å²) in [6.07, 6.45) is 1.58. The molecule has 0 saturated heterocycles. The molecule has 0 aliphatic heterocycles. The lowest BCUT2D eigenvalue weighted by molar-refractivity contribution is -0.140. The average molecular weight is 166 g/mol. The second kappa shape index (κ2) is 3.21. The van der Waals surface area contributed by atoms with Crippen LogP contribution < -0.4 is 5.32 Å². The molecule has 3 nitrogen and oxygen atoms in total. The minimum absolute atomic E-state index is 0. The monoisotopic (exact) mass is 165 g/mol. The Morgan fingerprint density at radius 1 is 1.70 bits per heavy atom. The molecule has 0 atom stereocenters. The Hall–Kier alpha value is -0.280. The quantitative estimate of drug-likeness (QED) is 0.645. The van der Waals surface area contributed by atoms with Gasteiger partial charge in [-0.25, -0.2) is 0 Å². The molecule has 0 bridgehead atoms. The van der Waals surface area contributed by atoms with Gasteiger partial charge in [0.25, 0.3) is 0 Å². The van der Waals surface area contributed by atoms with Crippen molar-refractivity contribution in [2.75, 3.05) is 6.54 Å². The number of hydrogen-bond donors (Lipinski definition) is 2. The highest BCUT2D eigenvalue weighted by atomic mass is 35.5. The predicted octanol–water partition coefficient (Wildman–Crippen LogP) is 0.635. The highest BCUT2D eigenvalue weighted by Gasteiger charge is 2.49. The Morgan fingerprint density at radius 3 is 2.30 bits per heavy atom. The van der Waals surface area contributed by atoms with Gasteiger partial charge >= 0.3 is 5.97 Å². The van der Waals surface area contributed by atoms with Gasteiger partial charge in [-0.15, -0.1) is 12.4 Å². The fourth-order valence-electron chi connectivity index (χ4n) is 0.930. The second-order valence-electron chi connectivity index (χ2n) is 2.42. The summed E-state index contributed by atoms with van der Waals surface area (Å²) in [6, 6.07) is 0. The molecule has 0 amide bonds. The van der Waals surface area contributed by atoms with E-state index in [-0.39, 0.29) is 12.4 Å². The van der Waals surface area contributed by atoms with Gasteiger partial charge in [0.05, 0.1) is 0 Å². The maximum absolute atomic E-state index is 10.4. The van der Waals surface area contributed by atoms with E-state index in [9.17, 15) is 4.79 Å². The van der Waals surface area contributed by atoms with Crippen molar-refractivity contribution in [3.63, 3.8) is 0 Å². The first-order valence-electron chi connectivity index (χ1n) is 3.20. The fraction of sp³-hybridized carbons (Fsp3) is 0.833. The Morgan fingerprint density at radius 2 is 2.20 bits per heavy atom. The van der Waals surface area contributed by atoms with Crippen LogP contribution in [0.4, 0.5) is 0 Å². The third-order valence-corrected chi connectivity index (χ3v) is 1.67. The first kappa shape index (κ1) is 9.72. The van der Waals surface area contributed by atoms with Gasteiger partial charge in [0.15, 0.2) is 0 Å². The van der Waals surface area contributed by atoms with E-state index < -0.39 is 11.5 Å². The molecule has 0 unspecified atom stereocenters. The zero-order valence-electron chi connectivity index (χ0n) is 5.89. The lowest BCUT2D eigenvalue weighted by Gasteiger charge is -2.08. The van der Waals surface area contributed by atoms with Crippen LogP contribution in [-0.4, -0.2) is 23.2 Å². The molecular weight excluding hydrogens is 154 g/mol. The standard InChI is InChI=1S/C6H11NO2.ClH/c1-2-7-6(3-4-6)5(8)9;/h7H,2-4H2,1H3,(H,8,9);1H. The van der Waals surface area contributed by atoms with Crippen LogP contribution >= 0.6 is 12.4 Å². The largest absolute Gasteiger partial charge is 0.480 e. The van der Waals surface area contributed by atoms with Crippen LogP contribution in [0, 0.1) is 0 Å². The molecule has 10 heavy (non-hydrogen) atoms. The summed E-state index contributed by atoms with van der Waals surface area (Å²) in [5, 5.41) is 11.5. The number of aliphatic carboxylic acids is 1. The Bertz CT molecular complexity index is 134. The molecular formula is C6H12ClNO2. The molecule has 60 valence electrons. The summed E-state index contributed by atoms with van der Waals surface area (Å²) in [4.78, 5) is 10.4. The SMILES string of the molecule is CCNC1(C(=O)O)CC1.Cl. The number of hydrogen-bond acceptors (Lipinski definition) is 2. The zero-order valence-corrected chi connectivity index (χ0v) is 6.70. The Balaban J connectivity index is 0.000000810. The summed E-state index contributed by atoms with van der Waals surface area (Å²) in [6.45, 7) is 2.66. The Labute approximate surface area is 66.2 Å². The normalized spacial score (nSPS) is 19.3. The summed E-state index contributed by atoms with van der Waals surface area (Å²) in [7, 11) is 0. The molecule has 0 spiro atoms. The molecule has 0 heterocycles. The molecule has 1 aliphatic rings. The van der Waals surface area contributed by atoms with Crippen LogP contribution in [0.2, 0.25) is 0 Å².